The second kappa shape index (κ2) is 71.3. The van der Waals surface area contributed by atoms with Crippen molar-refractivity contribution in [3.63, 3.8) is 0 Å². The molecule has 0 amide bonds. The molecule has 5 nitrogen and oxygen atoms in total. The molecular weight excluding hydrogens is 1000 g/mol. The molecule has 0 aliphatic carbocycles. The van der Waals surface area contributed by atoms with E-state index < -0.39 is 6.10 Å². The van der Waals surface area contributed by atoms with E-state index in [0.29, 0.717) is 12.8 Å². The van der Waals surface area contributed by atoms with Gasteiger partial charge in [-0.05, 0) is 116 Å². The third kappa shape index (κ3) is 68.5. The van der Waals surface area contributed by atoms with E-state index in [1.54, 1.807) is 0 Å². The van der Waals surface area contributed by atoms with Crippen molar-refractivity contribution in [2.75, 3.05) is 13.2 Å². The van der Waals surface area contributed by atoms with Crippen molar-refractivity contribution in [1.29, 1.82) is 0 Å². The van der Waals surface area contributed by atoms with Crippen molar-refractivity contribution in [3.05, 3.63) is 134 Å². The van der Waals surface area contributed by atoms with Crippen molar-refractivity contribution >= 4 is 11.9 Å². The van der Waals surface area contributed by atoms with E-state index in [1.807, 2.05) is 0 Å². The van der Waals surface area contributed by atoms with Crippen molar-refractivity contribution in [1.82, 2.24) is 0 Å². The zero-order valence-electron chi connectivity index (χ0n) is 53.7. The average molecular weight is 1140 g/mol. The van der Waals surface area contributed by atoms with Gasteiger partial charge in [0.05, 0.1) is 6.61 Å². The maximum absolute atomic E-state index is 12.4. The van der Waals surface area contributed by atoms with Crippen molar-refractivity contribution < 1.29 is 24.2 Å². The van der Waals surface area contributed by atoms with E-state index in [0.717, 1.165) is 103 Å². The Hall–Kier alpha value is -3.96. The predicted octanol–water partition coefficient (Wildman–Crippen LogP) is 24.3. The van der Waals surface area contributed by atoms with Crippen LogP contribution in [0.2, 0.25) is 0 Å². The van der Waals surface area contributed by atoms with Gasteiger partial charge in [-0.15, -0.1) is 0 Å². The minimum atomic E-state index is -0.781. The number of ether oxygens (including phenoxy) is 2. The van der Waals surface area contributed by atoms with Crippen LogP contribution in [0.3, 0.4) is 0 Å². The lowest BCUT2D eigenvalue weighted by Crippen LogP contribution is -2.28. The van der Waals surface area contributed by atoms with Crippen LogP contribution in [-0.2, 0) is 19.1 Å². The van der Waals surface area contributed by atoms with Crippen LogP contribution in [0.4, 0.5) is 0 Å². The Morgan fingerprint density at radius 3 is 0.793 bits per heavy atom. The van der Waals surface area contributed by atoms with Gasteiger partial charge in [-0.3, -0.25) is 9.59 Å². The zero-order valence-corrected chi connectivity index (χ0v) is 53.7. The molecule has 0 aromatic heterocycles. The predicted molar refractivity (Wildman–Crippen MR) is 361 cm³/mol. The summed E-state index contributed by atoms with van der Waals surface area (Å²) < 4.78 is 10.8. The molecule has 0 aromatic rings. The summed E-state index contributed by atoms with van der Waals surface area (Å²) in [5, 5.41) is 9.70. The monoisotopic (exact) mass is 1130 g/mol. The number of rotatable bonds is 63. The van der Waals surface area contributed by atoms with Gasteiger partial charge < -0.3 is 14.6 Å². The van der Waals surface area contributed by atoms with Gasteiger partial charge in [0.25, 0.3) is 0 Å². The summed E-state index contributed by atoms with van der Waals surface area (Å²) in [4.78, 5) is 24.6. The second-order valence-corrected chi connectivity index (χ2v) is 22.9. The maximum Gasteiger partial charge on any atom is 0.306 e. The highest BCUT2D eigenvalue weighted by Crippen LogP contribution is 2.17. The lowest BCUT2D eigenvalue weighted by molar-refractivity contribution is -0.161. The number of carbonyl (C=O) groups excluding carboxylic acids is 2. The molecule has 5 heteroatoms. The first-order valence-electron chi connectivity index (χ1n) is 34.7. The Balaban J connectivity index is 3.49. The summed E-state index contributed by atoms with van der Waals surface area (Å²) in [7, 11) is 0. The first-order chi connectivity index (χ1) is 40.6. The number of hydrogen-bond donors (Lipinski definition) is 1. The second-order valence-electron chi connectivity index (χ2n) is 22.9. The van der Waals surface area contributed by atoms with E-state index in [4.69, 9.17) is 9.47 Å². The van der Waals surface area contributed by atoms with E-state index in [1.165, 1.54) is 193 Å². The van der Waals surface area contributed by atoms with Gasteiger partial charge >= 0.3 is 11.9 Å². The number of esters is 2. The molecule has 82 heavy (non-hydrogen) atoms. The van der Waals surface area contributed by atoms with Gasteiger partial charge in [0.15, 0.2) is 6.10 Å². The molecule has 0 heterocycles. The van der Waals surface area contributed by atoms with Crippen LogP contribution >= 0.6 is 0 Å². The quantitative estimate of drug-likeness (QED) is 0.0373. The van der Waals surface area contributed by atoms with E-state index >= 15 is 0 Å². The Kier molecular flexibility index (Phi) is 67.9. The van der Waals surface area contributed by atoms with Crippen LogP contribution in [0, 0.1) is 0 Å². The Morgan fingerprint density at radius 1 is 0.293 bits per heavy atom. The van der Waals surface area contributed by atoms with Crippen LogP contribution in [0.5, 0.6) is 0 Å². The van der Waals surface area contributed by atoms with Gasteiger partial charge in [0.1, 0.15) is 6.61 Å². The normalized spacial score (nSPS) is 13.1. The van der Waals surface area contributed by atoms with Gasteiger partial charge in [0, 0.05) is 12.8 Å². The summed E-state index contributed by atoms with van der Waals surface area (Å²) >= 11 is 0. The summed E-state index contributed by atoms with van der Waals surface area (Å²) in [6.07, 6.45) is 106. The number of aliphatic hydroxyl groups is 1. The molecule has 0 rings (SSSR count). The van der Waals surface area contributed by atoms with Crippen molar-refractivity contribution in [2.45, 2.75) is 328 Å². The van der Waals surface area contributed by atoms with Gasteiger partial charge in [-0.1, -0.05) is 327 Å². The minimum Gasteiger partial charge on any atom is -0.462 e. The van der Waals surface area contributed by atoms with Gasteiger partial charge in [-0.2, -0.15) is 0 Å². The zero-order chi connectivity index (χ0) is 59.1. The SMILES string of the molecule is CC/C=C\C/C=C\C/C=C\C/C=C\C/C=C\C/C=C\C/C=C\C/C=C\CCCCCCCCCCCCCCCCCCC(=O)OC(CO)COC(=O)CCCCCCCCCCCCCC/C=C\C/C=C\C/C=C\CCCCCCC. The molecule has 468 valence electrons. The third-order valence-corrected chi connectivity index (χ3v) is 14.9. The molecule has 0 aromatic carbocycles. The van der Waals surface area contributed by atoms with Gasteiger partial charge in [-0.25, -0.2) is 0 Å². The lowest BCUT2D eigenvalue weighted by atomic mass is 10.0. The van der Waals surface area contributed by atoms with Crippen LogP contribution in [0.15, 0.2) is 134 Å². The van der Waals surface area contributed by atoms with Crippen LogP contribution in [0.1, 0.15) is 322 Å². The number of carbonyl (C=O) groups is 2. The first-order valence-corrected chi connectivity index (χ1v) is 34.7. The Morgan fingerprint density at radius 2 is 0.524 bits per heavy atom. The highest BCUT2D eigenvalue weighted by atomic mass is 16.6. The van der Waals surface area contributed by atoms with E-state index in [-0.39, 0.29) is 25.2 Å². The van der Waals surface area contributed by atoms with Crippen molar-refractivity contribution in [3.8, 4) is 0 Å². The molecule has 1 atom stereocenters. The summed E-state index contributed by atoms with van der Waals surface area (Å²) in [6.45, 7) is 4.04. The average Bonchev–Trinajstić information content (AvgIpc) is 3.49. The molecule has 0 saturated heterocycles. The molecule has 0 radical (unpaired) electrons. The lowest BCUT2D eigenvalue weighted by Gasteiger charge is -2.15. The van der Waals surface area contributed by atoms with Crippen LogP contribution < -0.4 is 0 Å². The van der Waals surface area contributed by atoms with Gasteiger partial charge in [0.2, 0.25) is 0 Å². The summed E-state index contributed by atoms with van der Waals surface area (Å²) in [5.41, 5.74) is 0. The molecule has 0 aliphatic heterocycles. The fourth-order valence-corrected chi connectivity index (χ4v) is 9.76. The molecule has 0 spiro atoms. The van der Waals surface area contributed by atoms with Crippen LogP contribution in [0.25, 0.3) is 0 Å². The summed E-state index contributed by atoms with van der Waals surface area (Å²) in [5.74, 6) is -0.587. The van der Waals surface area contributed by atoms with Crippen LogP contribution in [-0.4, -0.2) is 36.4 Å². The van der Waals surface area contributed by atoms with E-state index in [2.05, 4.69) is 148 Å². The Labute approximate surface area is 508 Å². The molecule has 0 bridgehead atoms. The smallest absolute Gasteiger partial charge is 0.306 e. The Bertz CT molecular complexity index is 1670. The number of unbranched alkanes of at least 4 members (excludes halogenated alkanes) is 33. The molecule has 1 unspecified atom stereocenters. The number of aliphatic hydroxyl groups excluding tert-OH is 1. The topological polar surface area (TPSA) is 72.8 Å². The number of hydrogen-bond acceptors (Lipinski definition) is 5. The largest absolute Gasteiger partial charge is 0.462 e. The third-order valence-electron chi connectivity index (χ3n) is 14.9. The minimum absolute atomic E-state index is 0.0699. The maximum atomic E-state index is 12.4. The van der Waals surface area contributed by atoms with E-state index in [9.17, 15) is 14.7 Å². The first kappa shape index (κ1) is 78.0. The molecular formula is C77H130O5. The fourth-order valence-electron chi connectivity index (χ4n) is 9.76. The summed E-state index contributed by atoms with van der Waals surface area (Å²) in [6, 6.07) is 0. The fraction of sp³-hybridized carbons (Fsp3) is 0.688. The molecule has 0 aliphatic rings. The molecule has 0 fully saturated rings. The molecule has 0 saturated carbocycles. The standard InChI is InChI=1S/C77H130O5/c1-3-5-7-9-11-13-15-17-19-21-23-25-27-29-31-32-33-34-35-36-37-38-39-40-41-42-43-44-46-48-50-52-54-56-58-60-62-64-66-68-70-72-77(80)82-75(73-78)74-81-76(79)71-69-67-65-63-61-59-57-55-53-51-49-47-45-30-28-26-24-22-20-18-16-14-12-10-8-6-4-2/h5,7,11,13,16-19,22-25,28-31,33-34,36-37,39-40,75,78H,3-4,6,8-10,12,14-15,20-21,26-27,32,35,38,41-74H2,1-2H3/b7-5-,13-11-,18-16-,19-17-,24-22-,25-23-,30-28-,31-29-,34-33-,37-36-,40-39-. The van der Waals surface area contributed by atoms with Crippen molar-refractivity contribution in [2.24, 2.45) is 0 Å². The highest BCUT2D eigenvalue weighted by molar-refractivity contribution is 5.70. The molecule has 1 N–H and O–H groups in total. The number of allylic oxidation sites excluding steroid dienone is 22. The highest BCUT2D eigenvalue weighted by Gasteiger charge is 2.16.